The van der Waals surface area contributed by atoms with Crippen LogP contribution in [0.2, 0.25) is 0 Å². The third kappa shape index (κ3) is 3.69. The fourth-order valence-corrected chi connectivity index (χ4v) is 5.96. The van der Waals surface area contributed by atoms with E-state index >= 15 is 0 Å². The number of hydrogen-bond acceptors (Lipinski definition) is 1. The number of likely N-dealkylation sites (tertiary alicyclic amines) is 1. The Morgan fingerprint density at radius 1 is 1.13 bits per heavy atom. The largest absolute Gasteiger partial charge is 0.377 e. The quantitative estimate of drug-likeness (QED) is 0.789. The molecule has 2 heteroatoms. The average Bonchev–Trinajstić information content (AvgIpc) is 2.60. The van der Waals surface area contributed by atoms with Gasteiger partial charge in [-0.3, -0.25) is 0 Å². The molecule has 0 amide bonds. The number of fused-ring (bicyclic) bond motifs is 2. The predicted octanol–water partition coefficient (Wildman–Crippen LogP) is 3.23. The van der Waals surface area contributed by atoms with Gasteiger partial charge in [0.15, 0.2) is 0 Å². The molecule has 0 radical (unpaired) electrons. The minimum Gasteiger partial charge on any atom is -0.377 e. The Labute approximate surface area is 142 Å². The van der Waals surface area contributed by atoms with Gasteiger partial charge >= 0.3 is 0 Å². The van der Waals surface area contributed by atoms with E-state index in [2.05, 4.69) is 13.0 Å². The molecule has 2 heterocycles. The summed E-state index contributed by atoms with van der Waals surface area (Å²) in [5.41, 5.74) is 1.63. The van der Waals surface area contributed by atoms with Gasteiger partial charge in [0, 0.05) is 17.8 Å². The van der Waals surface area contributed by atoms with E-state index in [0.29, 0.717) is 6.10 Å². The first-order valence-corrected chi connectivity index (χ1v) is 10.4. The molecule has 4 rings (SSSR count). The topological polar surface area (TPSA) is 13.7 Å². The second kappa shape index (κ2) is 7.27. The van der Waals surface area contributed by atoms with E-state index in [1.807, 2.05) is 4.90 Å². The lowest BCUT2D eigenvalue weighted by atomic mass is 9.72. The first kappa shape index (κ1) is 16.1. The Bertz CT molecular complexity index is 426. The Morgan fingerprint density at radius 2 is 2.00 bits per heavy atom. The molecule has 2 bridgehead atoms. The van der Waals surface area contributed by atoms with Crippen LogP contribution in [0.15, 0.2) is 11.6 Å². The molecule has 2 unspecified atom stereocenters. The minimum atomic E-state index is 0.532. The molecule has 5 atom stereocenters. The van der Waals surface area contributed by atoms with Gasteiger partial charge in [-0.1, -0.05) is 30.9 Å². The fourth-order valence-electron chi connectivity index (χ4n) is 5.96. The van der Waals surface area contributed by atoms with Gasteiger partial charge in [-0.25, -0.2) is 0 Å². The van der Waals surface area contributed by atoms with E-state index in [4.69, 9.17) is 4.74 Å². The average molecular weight is 319 g/mol. The van der Waals surface area contributed by atoms with Crippen LogP contribution in [0, 0.1) is 23.7 Å². The molecule has 1 saturated carbocycles. The molecule has 0 aromatic carbocycles. The highest BCUT2D eigenvalue weighted by Crippen LogP contribution is 2.40. The fraction of sp³-hybridized carbons (Fsp3) is 0.905. The predicted molar refractivity (Wildman–Crippen MR) is 94.6 cm³/mol. The van der Waals surface area contributed by atoms with E-state index in [1.54, 1.807) is 5.57 Å². The second-order valence-corrected chi connectivity index (χ2v) is 9.00. The first-order chi connectivity index (χ1) is 11.3. The Balaban J connectivity index is 1.36. The standard InChI is InChI=1S/C21H35NO/c1-16-9-10-18-12-20(16)21(23-15-18)19-8-5-11-22(14-19)13-17-6-3-2-4-7-17/h9,17-21H,2-8,10-15H2,1H3/p+1/t18-,19?,20+,21-/m0/s1. The van der Waals surface area contributed by atoms with E-state index < -0.39 is 0 Å². The third-order valence-electron chi connectivity index (χ3n) is 7.29. The molecule has 2 aliphatic carbocycles. The van der Waals surface area contributed by atoms with Gasteiger partial charge in [0.25, 0.3) is 0 Å². The van der Waals surface area contributed by atoms with Crippen molar-refractivity contribution in [1.29, 1.82) is 0 Å². The molecule has 130 valence electrons. The molecule has 4 aliphatic rings. The normalized spacial score (nSPS) is 42.3. The Morgan fingerprint density at radius 3 is 2.87 bits per heavy atom. The van der Waals surface area contributed by atoms with Gasteiger partial charge in [0.05, 0.1) is 32.3 Å². The van der Waals surface area contributed by atoms with Crippen molar-refractivity contribution in [2.75, 3.05) is 26.2 Å². The highest BCUT2D eigenvalue weighted by atomic mass is 16.5. The maximum atomic E-state index is 6.44. The van der Waals surface area contributed by atoms with Crippen molar-refractivity contribution >= 4 is 0 Å². The lowest BCUT2D eigenvalue weighted by Crippen LogP contribution is -3.14. The maximum absolute atomic E-state index is 6.44. The molecule has 23 heavy (non-hydrogen) atoms. The summed E-state index contributed by atoms with van der Waals surface area (Å²) < 4.78 is 6.44. The van der Waals surface area contributed by atoms with Crippen molar-refractivity contribution in [1.82, 2.24) is 0 Å². The van der Waals surface area contributed by atoms with Crippen LogP contribution in [0.25, 0.3) is 0 Å². The molecule has 2 aliphatic heterocycles. The van der Waals surface area contributed by atoms with Crippen molar-refractivity contribution < 1.29 is 9.64 Å². The van der Waals surface area contributed by atoms with Gasteiger partial charge in [-0.2, -0.15) is 0 Å². The summed E-state index contributed by atoms with van der Waals surface area (Å²) in [5, 5.41) is 0. The third-order valence-corrected chi connectivity index (χ3v) is 7.29. The molecular weight excluding hydrogens is 282 g/mol. The van der Waals surface area contributed by atoms with E-state index in [9.17, 15) is 0 Å². The number of ether oxygens (including phenoxy) is 1. The molecule has 2 nitrogen and oxygen atoms in total. The smallest absolute Gasteiger partial charge is 0.0825 e. The monoisotopic (exact) mass is 318 g/mol. The van der Waals surface area contributed by atoms with E-state index in [1.165, 1.54) is 77.4 Å². The van der Waals surface area contributed by atoms with Crippen LogP contribution >= 0.6 is 0 Å². The van der Waals surface area contributed by atoms with Gasteiger partial charge in [-0.05, 0) is 51.4 Å². The summed E-state index contributed by atoms with van der Waals surface area (Å²) in [6, 6.07) is 0. The lowest BCUT2D eigenvalue weighted by molar-refractivity contribution is -0.913. The zero-order chi connectivity index (χ0) is 15.6. The van der Waals surface area contributed by atoms with Crippen LogP contribution in [0.1, 0.15) is 64.7 Å². The summed E-state index contributed by atoms with van der Waals surface area (Å²) in [6.45, 7) is 7.64. The highest BCUT2D eigenvalue weighted by molar-refractivity contribution is 5.13. The van der Waals surface area contributed by atoms with Crippen LogP contribution in [0.3, 0.4) is 0 Å². The molecule has 3 fully saturated rings. The number of piperidine rings is 1. The summed E-state index contributed by atoms with van der Waals surface area (Å²) >= 11 is 0. The van der Waals surface area contributed by atoms with Crippen LogP contribution in [0.4, 0.5) is 0 Å². The molecule has 2 saturated heterocycles. The molecular formula is C21H36NO+. The van der Waals surface area contributed by atoms with E-state index in [0.717, 1.165) is 30.3 Å². The van der Waals surface area contributed by atoms with Crippen molar-refractivity contribution in [2.24, 2.45) is 23.7 Å². The van der Waals surface area contributed by atoms with E-state index in [-0.39, 0.29) is 0 Å². The van der Waals surface area contributed by atoms with Crippen LogP contribution < -0.4 is 4.90 Å². The van der Waals surface area contributed by atoms with Gasteiger partial charge in [0.1, 0.15) is 0 Å². The van der Waals surface area contributed by atoms with Crippen molar-refractivity contribution in [3.63, 3.8) is 0 Å². The zero-order valence-corrected chi connectivity index (χ0v) is 15.1. The molecule has 0 spiro atoms. The van der Waals surface area contributed by atoms with Gasteiger partial charge in [0.2, 0.25) is 0 Å². The molecule has 0 aromatic rings. The summed E-state index contributed by atoms with van der Waals surface area (Å²) in [6.07, 6.45) is 16.0. The van der Waals surface area contributed by atoms with Crippen molar-refractivity contribution in [2.45, 2.75) is 70.8 Å². The number of nitrogens with one attached hydrogen (secondary N) is 1. The molecule has 0 aromatic heterocycles. The van der Waals surface area contributed by atoms with Crippen LogP contribution in [0.5, 0.6) is 0 Å². The summed E-state index contributed by atoms with van der Waals surface area (Å²) in [4.78, 5) is 1.90. The number of hydrogen-bond donors (Lipinski definition) is 1. The zero-order valence-electron chi connectivity index (χ0n) is 15.1. The van der Waals surface area contributed by atoms with Gasteiger partial charge < -0.3 is 9.64 Å². The second-order valence-electron chi connectivity index (χ2n) is 9.00. The first-order valence-electron chi connectivity index (χ1n) is 10.4. The van der Waals surface area contributed by atoms with Crippen LogP contribution in [-0.4, -0.2) is 32.3 Å². The SMILES string of the molecule is CC1=CC[C@@H]2CO[C@@H](C3CCC[NH+](CC4CCCCC4)C3)[C@@H]1C2. The van der Waals surface area contributed by atoms with Crippen molar-refractivity contribution in [3.05, 3.63) is 11.6 Å². The number of quaternary nitrogens is 1. The molecule has 1 N–H and O–H groups in total. The maximum Gasteiger partial charge on any atom is 0.0825 e. The summed E-state index contributed by atoms with van der Waals surface area (Å²) in [7, 11) is 0. The van der Waals surface area contributed by atoms with Crippen molar-refractivity contribution in [3.8, 4) is 0 Å². The Kier molecular flexibility index (Phi) is 5.10. The lowest BCUT2D eigenvalue weighted by Gasteiger charge is -2.45. The highest BCUT2D eigenvalue weighted by Gasteiger charge is 2.41. The number of rotatable bonds is 3. The van der Waals surface area contributed by atoms with Gasteiger partial charge in [-0.15, -0.1) is 0 Å². The summed E-state index contributed by atoms with van der Waals surface area (Å²) in [5.74, 6) is 3.39. The minimum absolute atomic E-state index is 0.532. The Hall–Kier alpha value is -0.340. The van der Waals surface area contributed by atoms with Crippen LogP contribution in [-0.2, 0) is 4.74 Å². The number of allylic oxidation sites excluding steroid dienone is 1.